The molecule has 15 heteroatoms. The van der Waals surface area contributed by atoms with Crippen LogP contribution in [-0.4, -0.2) is 73.0 Å². The molecule has 0 aliphatic rings. The van der Waals surface area contributed by atoms with Crippen LogP contribution >= 0.6 is 0 Å². The minimum atomic E-state index is -5.32. The van der Waals surface area contributed by atoms with E-state index in [1.165, 1.54) is 55.1 Å². The lowest BCUT2D eigenvalue weighted by molar-refractivity contribution is -0.270. The van der Waals surface area contributed by atoms with Crippen molar-refractivity contribution in [2.24, 2.45) is 0 Å². The number of aryl methyl sites for hydroxylation is 1. The lowest BCUT2D eigenvalue weighted by Gasteiger charge is -2.37. The van der Waals surface area contributed by atoms with Gasteiger partial charge < -0.3 is 28.3 Å². The summed E-state index contributed by atoms with van der Waals surface area (Å²) in [7, 11) is -0.378. The molecule has 2 aromatic carbocycles. The highest BCUT2D eigenvalue weighted by Gasteiger charge is 2.64. The summed E-state index contributed by atoms with van der Waals surface area (Å²) >= 11 is 0. The number of hydrogen-bond acceptors (Lipinski definition) is 9. The Kier molecular flexibility index (Phi) is 11.1. The molecule has 2 aromatic heterocycles. The van der Waals surface area contributed by atoms with Gasteiger partial charge in [0.05, 0.1) is 47.5 Å². The number of carbonyl (C=O) groups excluding carboxylic acids is 2. The van der Waals surface area contributed by atoms with Gasteiger partial charge >= 0.3 is 18.2 Å². The molecule has 270 valence electrons. The number of benzene rings is 2. The Bertz CT molecular complexity index is 1930. The van der Waals surface area contributed by atoms with Gasteiger partial charge in [0, 0.05) is 26.3 Å². The second-order valence-corrected chi connectivity index (χ2v) is 19.6. The maximum atomic E-state index is 16.3. The molecule has 0 aliphatic heterocycles. The summed E-state index contributed by atoms with van der Waals surface area (Å²) in [6.45, 7) is 13.2. The zero-order chi connectivity index (χ0) is 37.2. The largest absolute Gasteiger partial charge is 0.496 e. The molecule has 0 bridgehead atoms. The fourth-order valence-electron chi connectivity index (χ4n) is 5.59. The van der Waals surface area contributed by atoms with E-state index in [0.717, 1.165) is 10.6 Å². The van der Waals surface area contributed by atoms with Crippen LogP contribution in [0, 0.1) is 18.3 Å². The third-order valence-corrected chi connectivity index (χ3v) is 9.51. The third-order valence-electron chi connectivity index (χ3n) is 7.81. The average Bonchev–Trinajstić information content (AvgIpc) is 3.61. The van der Waals surface area contributed by atoms with Gasteiger partial charge in [-0.25, -0.2) is 14.6 Å². The van der Waals surface area contributed by atoms with Crippen LogP contribution in [0.4, 0.5) is 18.0 Å². The fraction of sp³-hybridized carbons (Fsp3) is 0.486. The second kappa shape index (κ2) is 14.5. The fourth-order valence-corrected chi connectivity index (χ4v) is 6.35. The van der Waals surface area contributed by atoms with E-state index >= 15 is 13.2 Å². The molecule has 1 unspecified atom stereocenters. The topological polar surface area (TPSA) is 127 Å². The molecule has 2 heterocycles. The van der Waals surface area contributed by atoms with E-state index in [-0.39, 0.29) is 53.2 Å². The first kappa shape index (κ1) is 38.4. The molecule has 11 nitrogen and oxygen atoms in total. The van der Waals surface area contributed by atoms with Crippen molar-refractivity contribution in [1.82, 2.24) is 14.1 Å². The van der Waals surface area contributed by atoms with Crippen LogP contribution in [0.25, 0.3) is 21.9 Å². The smallest absolute Gasteiger partial charge is 0.429 e. The number of ether oxygens (including phenoxy) is 5. The van der Waals surface area contributed by atoms with E-state index in [1.807, 2.05) is 6.07 Å². The number of halogens is 3. The van der Waals surface area contributed by atoms with E-state index in [0.29, 0.717) is 5.56 Å². The van der Waals surface area contributed by atoms with Gasteiger partial charge in [0.2, 0.25) is 0 Å². The van der Waals surface area contributed by atoms with Gasteiger partial charge in [-0.3, -0.25) is 4.57 Å². The zero-order valence-electron chi connectivity index (χ0n) is 29.8. The molecule has 0 saturated carbocycles. The number of hydrogen-bond donors (Lipinski definition) is 0. The number of nitrogens with zero attached hydrogens (tertiary/aromatic N) is 4. The minimum absolute atomic E-state index is 0.0649. The highest BCUT2D eigenvalue weighted by molar-refractivity contribution is 6.76. The number of nitriles is 1. The Labute approximate surface area is 289 Å². The van der Waals surface area contributed by atoms with Crippen LogP contribution in [-0.2, 0) is 36.1 Å². The summed E-state index contributed by atoms with van der Waals surface area (Å²) < 4.78 is 79.3. The van der Waals surface area contributed by atoms with Crippen molar-refractivity contribution in [1.29, 1.82) is 5.26 Å². The molecule has 0 amide bonds. The maximum absolute atomic E-state index is 16.3. The number of imidazole rings is 1. The standard InChI is InChI=1S/C35H43F3N4O7Si/c1-10-47-28(43)20-48-34(35(36,37)38,29-24-13-14-41(32(44)49-33(3,4)5)30(24)22(2)17-27(29)45-6)31-40-25-12-11-23(19-39)18-26(25)42(31)21-46-15-16-50(7,8)9/h11-14,17-18H,10,15-16,20-21H2,1-9H3. The molecule has 0 fully saturated rings. The SMILES string of the molecule is CCOC(=O)COC(c1c(OC)cc(C)c2c1ccn2C(=O)OC(C)(C)C)(c1nc2ccc(C#N)cc2n1COCC[Si](C)(C)C)C(F)(F)F. The number of esters is 1. The van der Waals surface area contributed by atoms with Gasteiger partial charge in [-0.1, -0.05) is 19.6 Å². The average molecular weight is 717 g/mol. The van der Waals surface area contributed by atoms with Gasteiger partial charge in [-0.05, 0) is 76.6 Å². The Morgan fingerprint density at radius 1 is 1.08 bits per heavy atom. The zero-order valence-corrected chi connectivity index (χ0v) is 30.8. The first-order chi connectivity index (χ1) is 23.3. The summed E-state index contributed by atoms with van der Waals surface area (Å²) in [4.78, 5) is 30.6. The van der Waals surface area contributed by atoms with E-state index in [1.54, 1.807) is 27.7 Å². The van der Waals surface area contributed by atoms with Crippen LogP contribution in [0.15, 0.2) is 36.5 Å². The summed E-state index contributed by atoms with van der Waals surface area (Å²) in [6, 6.07) is 9.73. The van der Waals surface area contributed by atoms with E-state index in [4.69, 9.17) is 23.7 Å². The van der Waals surface area contributed by atoms with E-state index in [9.17, 15) is 14.9 Å². The van der Waals surface area contributed by atoms with Crippen LogP contribution < -0.4 is 4.74 Å². The van der Waals surface area contributed by atoms with Crippen molar-refractivity contribution in [2.45, 2.75) is 84.4 Å². The van der Waals surface area contributed by atoms with Crippen molar-refractivity contribution in [3.05, 3.63) is 59.0 Å². The van der Waals surface area contributed by atoms with E-state index < -0.39 is 55.5 Å². The Balaban J connectivity index is 2.15. The summed E-state index contributed by atoms with van der Waals surface area (Å²) in [5.74, 6) is -1.97. The number of aromatic nitrogens is 3. The molecule has 0 saturated heterocycles. The molecule has 1 atom stereocenters. The Hall–Kier alpha value is -4.39. The summed E-state index contributed by atoms with van der Waals surface area (Å²) in [6.07, 6.45) is -4.83. The highest BCUT2D eigenvalue weighted by Crippen LogP contribution is 2.53. The summed E-state index contributed by atoms with van der Waals surface area (Å²) in [5.41, 5.74) is -3.99. The lowest BCUT2D eigenvalue weighted by atomic mass is 9.86. The monoisotopic (exact) mass is 716 g/mol. The van der Waals surface area contributed by atoms with E-state index in [2.05, 4.69) is 24.6 Å². The number of alkyl halides is 3. The third kappa shape index (κ3) is 7.82. The maximum Gasteiger partial charge on any atom is 0.429 e. The van der Waals surface area contributed by atoms with Crippen LogP contribution in [0.3, 0.4) is 0 Å². The molecular formula is C35H43F3N4O7Si. The van der Waals surface area contributed by atoms with Crippen molar-refractivity contribution in [3.63, 3.8) is 0 Å². The quantitative estimate of drug-likeness (QED) is 0.0825. The van der Waals surface area contributed by atoms with Gasteiger partial charge in [0.25, 0.3) is 5.60 Å². The Morgan fingerprint density at radius 2 is 1.78 bits per heavy atom. The highest BCUT2D eigenvalue weighted by atomic mass is 28.3. The molecule has 50 heavy (non-hydrogen) atoms. The van der Waals surface area contributed by atoms with Crippen molar-refractivity contribution >= 4 is 42.1 Å². The predicted octanol–water partition coefficient (Wildman–Crippen LogP) is 7.66. The summed E-state index contributed by atoms with van der Waals surface area (Å²) in [5, 5.41) is 9.61. The first-order valence-corrected chi connectivity index (χ1v) is 19.8. The first-order valence-electron chi connectivity index (χ1n) is 16.1. The predicted molar refractivity (Wildman–Crippen MR) is 183 cm³/mol. The van der Waals surface area contributed by atoms with Crippen LogP contribution in [0.1, 0.15) is 50.2 Å². The van der Waals surface area contributed by atoms with Crippen LogP contribution in [0.2, 0.25) is 25.7 Å². The normalized spacial score (nSPS) is 13.7. The van der Waals surface area contributed by atoms with Crippen LogP contribution in [0.5, 0.6) is 5.75 Å². The van der Waals surface area contributed by atoms with Crippen molar-refractivity contribution < 1.29 is 46.4 Å². The van der Waals surface area contributed by atoms with Gasteiger partial charge in [0.15, 0.2) is 5.82 Å². The molecule has 4 rings (SSSR count). The lowest BCUT2D eigenvalue weighted by Crippen LogP contribution is -2.49. The number of methoxy groups -OCH3 is 1. The molecule has 0 radical (unpaired) electrons. The number of carbonyl (C=O) groups is 2. The van der Waals surface area contributed by atoms with Gasteiger partial charge in [0.1, 0.15) is 24.7 Å². The second-order valence-electron chi connectivity index (χ2n) is 14.0. The van der Waals surface area contributed by atoms with Gasteiger partial charge in [-0.15, -0.1) is 0 Å². The minimum Gasteiger partial charge on any atom is -0.496 e. The Morgan fingerprint density at radius 3 is 2.36 bits per heavy atom. The van der Waals surface area contributed by atoms with Crippen molar-refractivity contribution in [3.8, 4) is 11.8 Å². The number of rotatable bonds is 12. The molecular weight excluding hydrogens is 673 g/mol. The molecule has 0 spiro atoms. The van der Waals surface area contributed by atoms with Crippen molar-refractivity contribution in [2.75, 3.05) is 26.9 Å². The number of fused-ring (bicyclic) bond motifs is 2. The molecule has 0 N–H and O–H groups in total. The molecule has 4 aromatic rings. The van der Waals surface area contributed by atoms with Gasteiger partial charge in [-0.2, -0.15) is 18.4 Å². The molecule has 0 aliphatic carbocycles.